The molecule has 0 fully saturated rings. The fourth-order valence-electron chi connectivity index (χ4n) is 2.67. The molecule has 2 aromatic rings. The first-order valence-electron chi connectivity index (χ1n) is 8.87. The van der Waals surface area contributed by atoms with Gasteiger partial charge in [-0.2, -0.15) is 0 Å². The van der Waals surface area contributed by atoms with Crippen LogP contribution in [0.3, 0.4) is 0 Å². The van der Waals surface area contributed by atoms with Crippen LogP contribution in [0.4, 0.5) is 0 Å². The zero-order valence-corrected chi connectivity index (χ0v) is 16.8. The lowest BCUT2D eigenvalue weighted by atomic mass is 10.1. The fraction of sp³-hybridized carbons (Fsp3) is 0.261. The van der Waals surface area contributed by atoms with Crippen LogP contribution >= 0.6 is 0 Å². The van der Waals surface area contributed by atoms with E-state index >= 15 is 0 Å². The van der Waals surface area contributed by atoms with E-state index in [1.54, 1.807) is 12.2 Å². The normalized spacial score (nSPS) is 12.8. The topological polar surface area (TPSA) is 51.0 Å². The Balaban J connectivity index is 2.39. The minimum Gasteiger partial charge on any atom is -0.488 e. The van der Waals surface area contributed by atoms with Gasteiger partial charge in [0.2, 0.25) is 0 Å². The van der Waals surface area contributed by atoms with Gasteiger partial charge in [-0.15, -0.1) is 0 Å². The zero-order valence-electron chi connectivity index (χ0n) is 16.8. The van der Waals surface area contributed by atoms with Gasteiger partial charge in [-0.3, -0.25) is 0 Å². The quantitative estimate of drug-likeness (QED) is 0.453. The van der Waals surface area contributed by atoms with E-state index in [-0.39, 0.29) is 5.60 Å². The van der Waals surface area contributed by atoms with Gasteiger partial charge in [0.05, 0.1) is 11.3 Å². The summed E-state index contributed by atoms with van der Waals surface area (Å²) in [6.45, 7) is 21.5. The van der Waals surface area contributed by atoms with Gasteiger partial charge in [0.15, 0.2) is 11.6 Å². The smallest absolute Gasteiger partial charge is 0.174 e. The number of hydrogen-bond donors (Lipinski definition) is 1. The Bertz CT molecular complexity index is 915. The number of furan rings is 1. The van der Waals surface area contributed by atoms with Gasteiger partial charge in [0.25, 0.3) is 0 Å². The number of H-pyrrole nitrogens is 1. The van der Waals surface area contributed by atoms with Crippen molar-refractivity contribution in [2.24, 2.45) is 0 Å². The predicted octanol–water partition coefficient (Wildman–Crippen LogP) is 6.47. The summed E-state index contributed by atoms with van der Waals surface area (Å²) in [5, 5.41) is 0. The van der Waals surface area contributed by atoms with Crippen LogP contribution < -0.4 is 0 Å². The van der Waals surface area contributed by atoms with Gasteiger partial charge in [0, 0.05) is 5.69 Å². The highest BCUT2D eigenvalue weighted by molar-refractivity contribution is 5.77. The van der Waals surface area contributed by atoms with E-state index in [0.717, 1.165) is 22.5 Å². The van der Waals surface area contributed by atoms with Crippen LogP contribution in [0.2, 0.25) is 0 Å². The minimum atomic E-state index is -0.354. The molecule has 0 aromatic carbocycles. The summed E-state index contributed by atoms with van der Waals surface area (Å²) in [6, 6.07) is 3.76. The summed E-state index contributed by atoms with van der Waals surface area (Å²) in [6.07, 6.45) is 7.28. The third-order valence-electron chi connectivity index (χ3n) is 3.81. The lowest BCUT2D eigenvalue weighted by Crippen LogP contribution is -2.18. The number of rotatable bonds is 7. The molecule has 0 saturated carbocycles. The number of imidazole rings is 1. The van der Waals surface area contributed by atoms with Crippen molar-refractivity contribution in [3.63, 3.8) is 0 Å². The number of aromatic amines is 1. The molecule has 4 nitrogen and oxygen atoms in total. The zero-order chi connectivity index (χ0) is 20.2. The molecule has 0 radical (unpaired) electrons. The molecule has 1 N–H and O–H groups in total. The monoisotopic (exact) mass is 364 g/mol. The standard InChI is InChI=1S/C23H28N2O2/c1-9-12-18(16(5)27-23(6,7)8)19-13-14-20(26-19)22-24-15(4)21(25-22)17(10-2)11-3/h9-14H,1-2,5H2,3-4,6-8H3,(H,24,25)/b17-11+,18-12+. The Kier molecular flexibility index (Phi) is 6.11. The van der Waals surface area contributed by atoms with Crippen molar-refractivity contribution in [3.8, 4) is 11.6 Å². The average molecular weight is 364 g/mol. The van der Waals surface area contributed by atoms with Crippen molar-refractivity contribution in [3.05, 3.63) is 79.1 Å². The van der Waals surface area contributed by atoms with Crippen molar-refractivity contribution in [1.29, 1.82) is 0 Å². The first-order valence-corrected chi connectivity index (χ1v) is 8.87. The Morgan fingerprint density at radius 1 is 1.26 bits per heavy atom. The summed E-state index contributed by atoms with van der Waals surface area (Å²) in [5.41, 5.74) is 3.19. The van der Waals surface area contributed by atoms with Crippen molar-refractivity contribution in [1.82, 2.24) is 9.97 Å². The maximum absolute atomic E-state index is 6.04. The number of hydrogen-bond acceptors (Lipinski definition) is 3. The van der Waals surface area contributed by atoms with Crippen molar-refractivity contribution < 1.29 is 9.15 Å². The Morgan fingerprint density at radius 2 is 1.96 bits per heavy atom. The van der Waals surface area contributed by atoms with Gasteiger partial charge in [-0.25, -0.2) is 4.98 Å². The van der Waals surface area contributed by atoms with Crippen LogP contribution in [0.25, 0.3) is 22.7 Å². The molecule has 2 heterocycles. The highest BCUT2D eigenvalue weighted by Crippen LogP contribution is 2.31. The number of nitrogens with one attached hydrogen (secondary N) is 1. The van der Waals surface area contributed by atoms with E-state index in [9.17, 15) is 0 Å². The third kappa shape index (κ3) is 4.79. The van der Waals surface area contributed by atoms with E-state index in [2.05, 4.69) is 29.7 Å². The Hall–Kier alpha value is -3.01. The van der Waals surface area contributed by atoms with E-state index in [1.807, 2.05) is 58.9 Å². The van der Waals surface area contributed by atoms with Gasteiger partial charge in [-0.1, -0.05) is 38.0 Å². The summed E-state index contributed by atoms with van der Waals surface area (Å²) in [5.74, 6) is 2.47. The van der Waals surface area contributed by atoms with Crippen LogP contribution in [0.1, 0.15) is 44.8 Å². The number of nitrogens with zero attached hydrogens (tertiary/aromatic N) is 1. The van der Waals surface area contributed by atoms with Crippen LogP contribution in [-0.4, -0.2) is 15.6 Å². The van der Waals surface area contributed by atoms with Crippen LogP contribution in [-0.2, 0) is 4.74 Å². The molecule has 0 amide bonds. The van der Waals surface area contributed by atoms with Gasteiger partial charge >= 0.3 is 0 Å². The van der Waals surface area contributed by atoms with Crippen molar-refractivity contribution in [2.75, 3.05) is 0 Å². The SMILES string of the molecule is C=C/C=C(\C(=C)OC(C)(C)C)c1ccc(-c2nc(/C(C=C)=C/C)c(C)[nH]2)o1. The summed E-state index contributed by atoms with van der Waals surface area (Å²) < 4.78 is 11.9. The second-order valence-corrected chi connectivity index (χ2v) is 7.12. The number of allylic oxidation sites excluding steroid dienone is 6. The molecule has 0 aliphatic carbocycles. The van der Waals surface area contributed by atoms with E-state index in [1.165, 1.54) is 0 Å². The fourth-order valence-corrected chi connectivity index (χ4v) is 2.67. The van der Waals surface area contributed by atoms with Gasteiger partial charge in [0.1, 0.15) is 17.1 Å². The lowest BCUT2D eigenvalue weighted by Gasteiger charge is -2.23. The largest absolute Gasteiger partial charge is 0.488 e. The Labute approximate surface area is 161 Å². The van der Waals surface area contributed by atoms with E-state index in [4.69, 9.17) is 9.15 Å². The second kappa shape index (κ2) is 8.12. The van der Waals surface area contributed by atoms with E-state index in [0.29, 0.717) is 23.1 Å². The predicted molar refractivity (Wildman–Crippen MR) is 113 cm³/mol. The second-order valence-electron chi connectivity index (χ2n) is 7.12. The van der Waals surface area contributed by atoms with Gasteiger partial charge in [-0.05, 0) is 58.4 Å². The lowest BCUT2D eigenvalue weighted by molar-refractivity contribution is 0.0628. The maximum atomic E-state index is 6.04. The highest BCUT2D eigenvalue weighted by atomic mass is 16.5. The molecule has 0 saturated heterocycles. The molecule has 0 aliphatic rings. The van der Waals surface area contributed by atoms with Crippen LogP contribution in [0.5, 0.6) is 0 Å². The molecule has 4 heteroatoms. The molecular formula is C23H28N2O2. The molecule has 2 rings (SSSR count). The highest BCUT2D eigenvalue weighted by Gasteiger charge is 2.19. The summed E-state index contributed by atoms with van der Waals surface area (Å²) in [7, 11) is 0. The molecule has 27 heavy (non-hydrogen) atoms. The maximum Gasteiger partial charge on any atom is 0.174 e. The molecule has 0 unspecified atom stereocenters. The van der Waals surface area contributed by atoms with Gasteiger partial charge < -0.3 is 14.1 Å². The molecule has 0 aliphatic heterocycles. The summed E-state index contributed by atoms with van der Waals surface area (Å²) >= 11 is 0. The number of aryl methyl sites for hydroxylation is 1. The van der Waals surface area contributed by atoms with E-state index < -0.39 is 0 Å². The Morgan fingerprint density at radius 3 is 2.52 bits per heavy atom. The van der Waals surface area contributed by atoms with Crippen molar-refractivity contribution >= 4 is 11.1 Å². The first-order chi connectivity index (χ1) is 12.7. The summed E-state index contributed by atoms with van der Waals surface area (Å²) in [4.78, 5) is 7.94. The molecule has 2 aromatic heterocycles. The first kappa shape index (κ1) is 20.3. The number of aromatic nitrogens is 2. The average Bonchev–Trinajstić information content (AvgIpc) is 3.19. The third-order valence-corrected chi connectivity index (χ3v) is 3.81. The molecule has 0 atom stereocenters. The number of ether oxygens (including phenoxy) is 1. The molecule has 142 valence electrons. The molecular weight excluding hydrogens is 336 g/mol. The van der Waals surface area contributed by atoms with Crippen molar-refractivity contribution in [2.45, 2.75) is 40.2 Å². The molecule has 0 bridgehead atoms. The van der Waals surface area contributed by atoms with Crippen LogP contribution in [0, 0.1) is 6.92 Å². The van der Waals surface area contributed by atoms with Crippen LogP contribution in [0.15, 0.2) is 66.3 Å². The minimum absolute atomic E-state index is 0.354. The molecule has 0 spiro atoms.